The first-order chi connectivity index (χ1) is 12.9. The predicted molar refractivity (Wildman–Crippen MR) is 104 cm³/mol. The van der Waals surface area contributed by atoms with Gasteiger partial charge in [-0.15, -0.1) is 0 Å². The number of aromatic nitrogens is 1. The van der Waals surface area contributed by atoms with E-state index >= 15 is 0 Å². The van der Waals surface area contributed by atoms with Crippen LogP contribution in [-0.4, -0.2) is 42.1 Å². The fraction of sp³-hybridized carbons (Fsp3) is 0.150. The van der Waals surface area contributed by atoms with Gasteiger partial charge in [0.05, 0.1) is 4.90 Å². The van der Waals surface area contributed by atoms with E-state index in [1.807, 2.05) is 41.2 Å². The second-order valence-electron chi connectivity index (χ2n) is 6.47. The van der Waals surface area contributed by atoms with E-state index in [2.05, 4.69) is 0 Å². The molecule has 0 bridgehead atoms. The molecule has 3 aromatic rings. The molecule has 0 spiro atoms. The van der Waals surface area contributed by atoms with Crippen molar-refractivity contribution in [2.45, 2.75) is 10.1 Å². The molecule has 1 amide bonds. The molecular formula is C20H17ClN2O3S. The number of benzene rings is 2. The third-order valence-electron chi connectivity index (χ3n) is 4.73. The molecule has 5 nitrogen and oxygen atoms in total. The van der Waals surface area contributed by atoms with E-state index in [9.17, 15) is 13.2 Å². The highest BCUT2D eigenvalue weighted by atomic mass is 35.5. The lowest BCUT2D eigenvalue weighted by molar-refractivity contribution is 0.0659. The topological polar surface area (TPSA) is 59.4 Å². The Morgan fingerprint density at radius 2 is 1.52 bits per heavy atom. The molecule has 27 heavy (non-hydrogen) atoms. The van der Waals surface area contributed by atoms with Gasteiger partial charge >= 0.3 is 0 Å². The summed E-state index contributed by atoms with van der Waals surface area (Å²) in [6, 6.07) is 17.2. The minimum absolute atomic E-state index is 0.156. The fourth-order valence-corrected chi connectivity index (χ4v) is 4.86. The molecule has 7 heteroatoms. The Balaban J connectivity index is 1.43. The molecule has 0 aliphatic carbocycles. The molecule has 1 fully saturated rings. The number of sulfone groups is 1. The number of carbonyl (C=O) groups is 1. The Morgan fingerprint density at radius 1 is 0.926 bits per heavy atom. The van der Waals surface area contributed by atoms with Gasteiger partial charge in [0.1, 0.15) is 5.25 Å². The van der Waals surface area contributed by atoms with Crippen LogP contribution in [0.2, 0.25) is 5.02 Å². The van der Waals surface area contributed by atoms with E-state index in [4.69, 9.17) is 11.6 Å². The molecule has 138 valence electrons. The predicted octanol–water partition coefficient (Wildman–Crippen LogP) is 3.43. The van der Waals surface area contributed by atoms with Gasteiger partial charge in [-0.1, -0.05) is 11.6 Å². The molecule has 2 aromatic carbocycles. The maximum Gasteiger partial charge on any atom is 0.253 e. The lowest BCUT2D eigenvalue weighted by Gasteiger charge is -2.38. The van der Waals surface area contributed by atoms with Gasteiger partial charge < -0.3 is 9.47 Å². The SMILES string of the molecule is O=C(c1ccc(-n2cccc2)cc1)N1CC(S(=O)(=O)c2ccc(Cl)cc2)C1. The van der Waals surface area contributed by atoms with E-state index in [0.29, 0.717) is 10.6 Å². The van der Waals surface area contributed by atoms with Crippen LogP contribution in [0.1, 0.15) is 10.4 Å². The smallest absolute Gasteiger partial charge is 0.253 e. The maximum atomic E-state index is 12.6. The number of carbonyl (C=O) groups excluding carboxylic acids is 1. The number of likely N-dealkylation sites (tertiary alicyclic amines) is 1. The van der Waals surface area contributed by atoms with Crippen molar-refractivity contribution in [2.75, 3.05) is 13.1 Å². The van der Waals surface area contributed by atoms with E-state index < -0.39 is 15.1 Å². The molecule has 1 aromatic heterocycles. The van der Waals surface area contributed by atoms with Crippen molar-refractivity contribution in [3.05, 3.63) is 83.6 Å². The summed E-state index contributed by atoms with van der Waals surface area (Å²) in [6.45, 7) is 0.395. The Hall–Kier alpha value is -2.57. The fourth-order valence-electron chi connectivity index (χ4n) is 3.08. The molecule has 2 heterocycles. The molecule has 0 unspecified atom stereocenters. The molecule has 0 atom stereocenters. The number of amides is 1. The highest BCUT2D eigenvalue weighted by Crippen LogP contribution is 2.26. The Kier molecular flexibility index (Phi) is 4.53. The van der Waals surface area contributed by atoms with Crippen LogP contribution < -0.4 is 0 Å². The molecular weight excluding hydrogens is 384 g/mol. The molecule has 0 N–H and O–H groups in total. The first-order valence-electron chi connectivity index (χ1n) is 8.47. The summed E-state index contributed by atoms with van der Waals surface area (Å²) < 4.78 is 27.2. The van der Waals surface area contributed by atoms with E-state index in [-0.39, 0.29) is 23.9 Å². The summed E-state index contributed by atoms with van der Waals surface area (Å²) in [5.74, 6) is -0.156. The third-order valence-corrected chi connectivity index (χ3v) is 7.09. The Labute approximate surface area is 162 Å². The summed E-state index contributed by atoms with van der Waals surface area (Å²) in [5.41, 5.74) is 1.51. The second kappa shape index (κ2) is 6.87. The number of nitrogens with zero attached hydrogens (tertiary/aromatic N) is 2. The van der Waals surface area contributed by atoms with Gasteiger partial charge in [0.15, 0.2) is 9.84 Å². The maximum absolute atomic E-state index is 12.6. The van der Waals surface area contributed by atoms with Crippen LogP contribution >= 0.6 is 11.6 Å². The molecule has 1 saturated heterocycles. The van der Waals surface area contributed by atoms with Crippen molar-refractivity contribution < 1.29 is 13.2 Å². The quantitative estimate of drug-likeness (QED) is 0.674. The molecule has 1 aliphatic rings. The molecule has 0 saturated carbocycles. The summed E-state index contributed by atoms with van der Waals surface area (Å²) in [7, 11) is -3.46. The number of hydrogen-bond acceptors (Lipinski definition) is 3. The highest BCUT2D eigenvalue weighted by Gasteiger charge is 2.40. The Bertz CT molecular complexity index is 1050. The van der Waals surface area contributed by atoms with Crippen LogP contribution in [-0.2, 0) is 9.84 Å². The molecule has 4 rings (SSSR count). The van der Waals surface area contributed by atoms with Gasteiger partial charge in [0.25, 0.3) is 5.91 Å². The standard InChI is InChI=1S/C20H17ClN2O3S/c21-16-5-9-18(10-6-16)27(25,26)19-13-23(14-19)20(24)15-3-7-17(8-4-15)22-11-1-2-12-22/h1-12,19H,13-14H2. The first kappa shape index (κ1) is 17.8. The lowest BCUT2D eigenvalue weighted by Crippen LogP contribution is -2.56. The van der Waals surface area contributed by atoms with Crippen LogP contribution in [0.4, 0.5) is 0 Å². The monoisotopic (exact) mass is 400 g/mol. The summed E-state index contributed by atoms with van der Waals surface area (Å²) in [6.07, 6.45) is 3.86. The highest BCUT2D eigenvalue weighted by molar-refractivity contribution is 7.92. The van der Waals surface area contributed by atoms with Crippen molar-refractivity contribution in [3.63, 3.8) is 0 Å². The van der Waals surface area contributed by atoms with Crippen LogP contribution in [0, 0.1) is 0 Å². The van der Waals surface area contributed by atoms with Crippen LogP contribution in [0.25, 0.3) is 5.69 Å². The summed E-state index contributed by atoms with van der Waals surface area (Å²) in [5, 5.41) is -0.0931. The van der Waals surface area contributed by atoms with E-state index in [0.717, 1.165) is 5.69 Å². The normalized spacial score (nSPS) is 14.8. The van der Waals surface area contributed by atoms with E-state index in [1.165, 1.54) is 12.1 Å². The molecule has 1 aliphatic heterocycles. The first-order valence-corrected chi connectivity index (χ1v) is 10.4. The van der Waals surface area contributed by atoms with Crippen LogP contribution in [0.5, 0.6) is 0 Å². The van der Waals surface area contributed by atoms with Crippen molar-refractivity contribution in [1.82, 2.24) is 9.47 Å². The van der Waals surface area contributed by atoms with Crippen molar-refractivity contribution in [1.29, 1.82) is 0 Å². The van der Waals surface area contributed by atoms with Gasteiger partial charge in [-0.2, -0.15) is 0 Å². The zero-order chi connectivity index (χ0) is 19.0. The average molecular weight is 401 g/mol. The van der Waals surface area contributed by atoms with Gasteiger partial charge in [-0.25, -0.2) is 8.42 Å². The lowest BCUT2D eigenvalue weighted by atomic mass is 10.1. The minimum atomic E-state index is -3.46. The third kappa shape index (κ3) is 3.38. The zero-order valence-electron chi connectivity index (χ0n) is 14.3. The number of rotatable bonds is 4. The van der Waals surface area contributed by atoms with Gasteiger partial charge in [0, 0.05) is 41.8 Å². The van der Waals surface area contributed by atoms with Gasteiger partial charge in [-0.3, -0.25) is 4.79 Å². The van der Waals surface area contributed by atoms with Crippen LogP contribution in [0.3, 0.4) is 0 Å². The van der Waals surface area contributed by atoms with Crippen molar-refractivity contribution in [3.8, 4) is 5.69 Å². The summed E-state index contributed by atoms with van der Waals surface area (Å²) >= 11 is 5.82. The van der Waals surface area contributed by atoms with Gasteiger partial charge in [0.2, 0.25) is 0 Å². The number of hydrogen-bond donors (Lipinski definition) is 0. The van der Waals surface area contributed by atoms with Crippen molar-refractivity contribution in [2.24, 2.45) is 0 Å². The van der Waals surface area contributed by atoms with Crippen LogP contribution in [0.15, 0.2) is 78.0 Å². The second-order valence-corrected chi connectivity index (χ2v) is 9.13. The Morgan fingerprint density at radius 3 is 2.11 bits per heavy atom. The summed E-state index contributed by atoms with van der Waals surface area (Å²) in [4.78, 5) is 14.4. The molecule has 0 radical (unpaired) electrons. The van der Waals surface area contributed by atoms with Crippen molar-refractivity contribution >= 4 is 27.3 Å². The average Bonchev–Trinajstić information content (AvgIpc) is 3.15. The zero-order valence-corrected chi connectivity index (χ0v) is 15.9. The minimum Gasteiger partial charge on any atom is -0.336 e. The van der Waals surface area contributed by atoms with Gasteiger partial charge in [-0.05, 0) is 60.7 Å². The number of halogens is 1. The van der Waals surface area contributed by atoms with E-state index in [1.54, 1.807) is 29.2 Å². The largest absolute Gasteiger partial charge is 0.336 e.